The van der Waals surface area contributed by atoms with Gasteiger partial charge in [-0.3, -0.25) is 4.72 Å². The van der Waals surface area contributed by atoms with E-state index in [1.54, 1.807) is 36.4 Å². The predicted molar refractivity (Wildman–Crippen MR) is 70.7 cm³/mol. The van der Waals surface area contributed by atoms with Crippen molar-refractivity contribution in [1.82, 2.24) is 0 Å². The van der Waals surface area contributed by atoms with Crippen LogP contribution in [-0.4, -0.2) is 25.7 Å². The summed E-state index contributed by atoms with van der Waals surface area (Å²) in [6.07, 6.45) is 6.71. The molecule has 0 atom stereocenters. The number of nitrogens with one attached hydrogen (secondary N) is 1. The van der Waals surface area contributed by atoms with Gasteiger partial charge in [-0.15, -0.1) is 0 Å². The van der Waals surface area contributed by atoms with Gasteiger partial charge in [0.05, 0.1) is 6.26 Å². The van der Waals surface area contributed by atoms with Gasteiger partial charge in [0.1, 0.15) is 0 Å². The molecule has 0 aliphatic rings. The molecular weight excluding hydrogens is 254 g/mol. The molecule has 0 aliphatic carbocycles. The highest BCUT2D eigenvalue weighted by atomic mass is 32.2. The molecule has 0 bridgehead atoms. The van der Waals surface area contributed by atoms with Crippen molar-refractivity contribution in [2.24, 2.45) is 0 Å². The first-order valence-electron chi connectivity index (χ1n) is 5.02. The zero-order chi connectivity index (χ0) is 13.6. The summed E-state index contributed by atoms with van der Waals surface area (Å²) in [6.45, 7) is 0. The van der Waals surface area contributed by atoms with Gasteiger partial charge >= 0.3 is 5.97 Å². The third-order valence-electron chi connectivity index (χ3n) is 1.83. The number of anilines is 1. The lowest BCUT2D eigenvalue weighted by Crippen LogP contribution is -2.09. The van der Waals surface area contributed by atoms with Crippen molar-refractivity contribution in [3.05, 3.63) is 48.1 Å². The number of carbonyl (C=O) groups is 1. The maximum absolute atomic E-state index is 11.0. The Balaban J connectivity index is 2.80. The number of benzene rings is 1. The molecule has 0 amide bonds. The van der Waals surface area contributed by atoms with E-state index in [1.807, 2.05) is 0 Å². The molecule has 0 fully saturated rings. The smallest absolute Gasteiger partial charge is 0.328 e. The minimum atomic E-state index is -3.30. The number of hydrogen-bond acceptors (Lipinski definition) is 3. The molecule has 0 heterocycles. The summed E-state index contributed by atoms with van der Waals surface area (Å²) in [6, 6.07) is 6.75. The highest BCUT2D eigenvalue weighted by Crippen LogP contribution is 2.13. The number of carboxylic acid groups (broad SMARTS) is 1. The monoisotopic (exact) mass is 267 g/mol. The van der Waals surface area contributed by atoms with Crippen molar-refractivity contribution in [3.8, 4) is 0 Å². The van der Waals surface area contributed by atoms with Crippen molar-refractivity contribution in [2.75, 3.05) is 11.0 Å². The maximum Gasteiger partial charge on any atom is 0.328 e. The quantitative estimate of drug-likeness (QED) is 0.628. The normalized spacial score (nSPS) is 12.1. The molecule has 0 unspecified atom stereocenters. The van der Waals surface area contributed by atoms with E-state index in [2.05, 4.69) is 4.72 Å². The fraction of sp³-hybridized carbons (Fsp3) is 0.0833. The standard InChI is InChI=1S/C12H13NO4S/c1-18(16,17)13-11-7-4-6-10(9-11)5-2-3-8-12(14)15/h2-9,13H,1H3,(H,14,15)/b5-2+,8-3+. The van der Waals surface area contributed by atoms with Gasteiger partial charge in [-0.2, -0.15) is 0 Å². The first-order chi connectivity index (χ1) is 8.37. The van der Waals surface area contributed by atoms with E-state index in [1.165, 1.54) is 6.08 Å². The zero-order valence-corrected chi connectivity index (χ0v) is 10.5. The van der Waals surface area contributed by atoms with Crippen LogP contribution >= 0.6 is 0 Å². The average Bonchev–Trinajstić information content (AvgIpc) is 2.22. The molecule has 0 spiro atoms. The molecule has 96 valence electrons. The Morgan fingerprint density at radius 3 is 2.67 bits per heavy atom. The lowest BCUT2D eigenvalue weighted by atomic mass is 10.2. The zero-order valence-electron chi connectivity index (χ0n) is 9.70. The minimum absolute atomic E-state index is 0.460. The summed E-state index contributed by atoms with van der Waals surface area (Å²) in [5.41, 5.74) is 1.22. The fourth-order valence-corrected chi connectivity index (χ4v) is 1.78. The van der Waals surface area contributed by atoms with E-state index in [4.69, 9.17) is 5.11 Å². The molecule has 0 aromatic heterocycles. The predicted octanol–water partition coefficient (Wildman–Crippen LogP) is 1.71. The second kappa shape index (κ2) is 6.02. The first-order valence-corrected chi connectivity index (χ1v) is 6.91. The second-order valence-corrected chi connectivity index (χ2v) is 5.30. The van der Waals surface area contributed by atoms with Crippen molar-refractivity contribution >= 4 is 27.8 Å². The molecule has 0 aliphatic heterocycles. The molecular formula is C12H13NO4S. The van der Waals surface area contributed by atoms with Crippen LogP contribution in [0, 0.1) is 0 Å². The number of allylic oxidation sites excluding steroid dienone is 2. The molecule has 1 aromatic carbocycles. The van der Waals surface area contributed by atoms with Crippen LogP contribution in [0.15, 0.2) is 42.5 Å². The summed E-state index contributed by atoms with van der Waals surface area (Å²) in [5, 5.41) is 8.38. The van der Waals surface area contributed by atoms with Gasteiger partial charge in [0.25, 0.3) is 0 Å². The molecule has 0 radical (unpaired) electrons. The Bertz CT molecular complexity index is 588. The molecule has 1 rings (SSSR count). The Labute approximate surface area is 106 Å². The Hall–Kier alpha value is -2.08. The third-order valence-corrected chi connectivity index (χ3v) is 2.43. The van der Waals surface area contributed by atoms with E-state index in [0.717, 1.165) is 17.9 Å². The number of rotatable bonds is 5. The Morgan fingerprint density at radius 1 is 1.33 bits per heavy atom. The van der Waals surface area contributed by atoms with Crippen LogP contribution in [0.4, 0.5) is 5.69 Å². The summed E-state index contributed by atoms with van der Waals surface area (Å²) < 4.78 is 24.4. The summed E-state index contributed by atoms with van der Waals surface area (Å²) in [5.74, 6) is -1.02. The van der Waals surface area contributed by atoms with Crippen LogP contribution in [0.5, 0.6) is 0 Å². The number of aliphatic carboxylic acids is 1. The Kier molecular flexibility index (Phi) is 4.67. The van der Waals surface area contributed by atoms with Gasteiger partial charge in [-0.1, -0.05) is 30.4 Å². The van der Waals surface area contributed by atoms with E-state index in [-0.39, 0.29) is 0 Å². The molecule has 2 N–H and O–H groups in total. The van der Waals surface area contributed by atoms with Gasteiger partial charge in [0, 0.05) is 11.8 Å². The molecule has 6 heteroatoms. The van der Waals surface area contributed by atoms with Crippen LogP contribution in [0.25, 0.3) is 6.08 Å². The molecule has 0 saturated carbocycles. The van der Waals surface area contributed by atoms with E-state index in [0.29, 0.717) is 5.69 Å². The van der Waals surface area contributed by atoms with Gasteiger partial charge in [0.15, 0.2) is 0 Å². The largest absolute Gasteiger partial charge is 0.478 e. The fourth-order valence-electron chi connectivity index (χ4n) is 1.22. The van der Waals surface area contributed by atoms with Crippen LogP contribution in [0.3, 0.4) is 0 Å². The maximum atomic E-state index is 11.0. The van der Waals surface area contributed by atoms with E-state index in [9.17, 15) is 13.2 Å². The van der Waals surface area contributed by atoms with Crippen LogP contribution in [0.1, 0.15) is 5.56 Å². The first kappa shape index (κ1) is 14.0. The minimum Gasteiger partial charge on any atom is -0.478 e. The van der Waals surface area contributed by atoms with Crippen LogP contribution < -0.4 is 4.72 Å². The lowest BCUT2D eigenvalue weighted by molar-refractivity contribution is -0.131. The topological polar surface area (TPSA) is 83.5 Å². The van der Waals surface area contributed by atoms with Crippen molar-refractivity contribution in [3.63, 3.8) is 0 Å². The highest BCUT2D eigenvalue weighted by Gasteiger charge is 2.00. The van der Waals surface area contributed by atoms with Gasteiger partial charge in [-0.05, 0) is 17.7 Å². The summed E-state index contributed by atoms with van der Waals surface area (Å²) >= 11 is 0. The van der Waals surface area contributed by atoms with Gasteiger partial charge in [-0.25, -0.2) is 13.2 Å². The number of carboxylic acids is 1. The highest BCUT2D eigenvalue weighted by molar-refractivity contribution is 7.92. The molecule has 0 saturated heterocycles. The van der Waals surface area contributed by atoms with Crippen molar-refractivity contribution < 1.29 is 18.3 Å². The lowest BCUT2D eigenvalue weighted by Gasteiger charge is -2.03. The number of sulfonamides is 1. The second-order valence-electron chi connectivity index (χ2n) is 3.56. The van der Waals surface area contributed by atoms with E-state index >= 15 is 0 Å². The summed E-state index contributed by atoms with van der Waals surface area (Å²) in [7, 11) is -3.30. The average molecular weight is 267 g/mol. The molecule has 5 nitrogen and oxygen atoms in total. The van der Waals surface area contributed by atoms with Crippen molar-refractivity contribution in [2.45, 2.75) is 0 Å². The van der Waals surface area contributed by atoms with Gasteiger partial charge < -0.3 is 5.11 Å². The van der Waals surface area contributed by atoms with Gasteiger partial charge in [0.2, 0.25) is 10.0 Å². The van der Waals surface area contributed by atoms with Crippen LogP contribution in [0.2, 0.25) is 0 Å². The molecule has 1 aromatic rings. The summed E-state index contributed by atoms with van der Waals surface area (Å²) in [4.78, 5) is 10.2. The van der Waals surface area contributed by atoms with E-state index < -0.39 is 16.0 Å². The number of hydrogen-bond donors (Lipinski definition) is 2. The molecule has 18 heavy (non-hydrogen) atoms. The SMILES string of the molecule is CS(=O)(=O)Nc1cccc(/C=C/C=C/C(=O)O)c1. The third kappa shape index (κ3) is 5.86. The van der Waals surface area contributed by atoms with Crippen molar-refractivity contribution in [1.29, 1.82) is 0 Å². The Morgan fingerprint density at radius 2 is 2.06 bits per heavy atom. The van der Waals surface area contributed by atoms with Crippen LogP contribution in [-0.2, 0) is 14.8 Å².